The first-order chi connectivity index (χ1) is 15.5. The van der Waals surface area contributed by atoms with Crippen molar-refractivity contribution in [2.45, 2.75) is 65.8 Å². The first-order valence-electron chi connectivity index (χ1n) is 11.1. The number of nitrogens with two attached hydrogens (primary N) is 1. The third-order valence-electron chi connectivity index (χ3n) is 5.31. The Hall–Kier alpha value is -2.94. The average molecular weight is 466 g/mol. The SMILES string of the molecule is CCC(=O)Oc1ccc(C[C@](N)(CCOC(=O)C(C)C(C)C)C(=O)OC)cc1OC(=O)CC. The third kappa shape index (κ3) is 8.49. The van der Waals surface area contributed by atoms with Gasteiger partial charge in [-0.1, -0.05) is 40.7 Å². The van der Waals surface area contributed by atoms with Gasteiger partial charge in [0.05, 0.1) is 19.6 Å². The Morgan fingerprint density at radius 3 is 2.06 bits per heavy atom. The molecule has 2 atom stereocenters. The van der Waals surface area contributed by atoms with Crippen LogP contribution in [0.4, 0.5) is 0 Å². The minimum atomic E-state index is -1.50. The Labute approximate surface area is 194 Å². The highest BCUT2D eigenvalue weighted by molar-refractivity contribution is 5.81. The molecular weight excluding hydrogens is 430 g/mol. The van der Waals surface area contributed by atoms with Gasteiger partial charge >= 0.3 is 23.9 Å². The van der Waals surface area contributed by atoms with Crippen molar-refractivity contribution >= 4 is 23.9 Å². The van der Waals surface area contributed by atoms with Crippen LogP contribution in [-0.4, -0.2) is 43.1 Å². The van der Waals surface area contributed by atoms with Crippen LogP contribution in [0.5, 0.6) is 11.5 Å². The second kappa shape index (κ2) is 12.9. The van der Waals surface area contributed by atoms with E-state index in [9.17, 15) is 19.2 Å². The van der Waals surface area contributed by atoms with E-state index < -0.39 is 23.4 Å². The monoisotopic (exact) mass is 465 g/mol. The van der Waals surface area contributed by atoms with Gasteiger partial charge in [-0.15, -0.1) is 0 Å². The van der Waals surface area contributed by atoms with E-state index in [0.29, 0.717) is 5.56 Å². The molecule has 184 valence electrons. The maximum absolute atomic E-state index is 12.5. The highest BCUT2D eigenvalue weighted by Crippen LogP contribution is 2.31. The maximum atomic E-state index is 12.5. The molecule has 0 aliphatic carbocycles. The van der Waals surface area contributed by atoms with Crippen molar-refractivity contribution in [1.29, 1.82) is 0 Å². The molecule has 0 spiro atoms. The van der Waals surface area contributed by atoms with Gasteiger partial charge in [0.1, 0.15) is 5.54 Å². The van der Waals surface area contributed by atoms with Gasteiger partial charge in [-0.2, -0.15) is 0 Å². The third-order valence-corrected chi connectivity index (χ3v) is 5.31. The minimum Gasteiger partial charge on any atom is -0.468 e. The standard InChI is InChI=1S/C24H35NO8/c1-7-20(26)32-18-10-9-17(13-19(18)33-21(27)8-2)14-24(25,23(29)30-6)11-12-31-22(28)16(5)15(3)4/h9-10,13,15-16H,7-8,11-12,14,25H2,1-6H3/t16?,24-/m1/s1. The van der Waals surface area contributed by atoms with Crippen LogP contribution in [0.3, 0.4) is 0 Å². The number of rotatable bonds is 12. The Morgan fingerprint density at radius 2 is 1.55 bits per heavy atom. The summed E-state index contributed by atoms with van der Waals surface area (Å²) in [6.07, 6.45) is 0.294. The number of hydrogen-bond donors (Lipinski definition) is 1. The van der Waals surface area contributed by atoms with Crippen LogP contribution < -0.4 is 15.2 Å². The number of hydrogen-bond acceptors (Lipinski definition) is 9. The van der Waals surface area contributed by atoms with Crippen molar-refractivity contribution in [1.82, 2.24) is 0 Å². The number of methoxy groups -OCH3 is 1. The largest absolute Gasteiger partial charge is 0.468 e. The summed E-state index contributed by atoms with van der Waals surface area (Å²) in [5.74, 6) is -2.09. The van der Waals surface area contributed by atoms with Gasteiger partial charge in [-0.3, -0.25) is 19.2 Å². The van der Waals surface area contributed by atoms with E-state index in [2.05, 4.69) is 0 Å². The fraction of sp³-hybridized carbons (Fsp3) is 0.583. The number of benzene rings is 1. The van der Waals surface area contributed by atoms with E-state index in [4.69, 9.17) is 24.7 Å². The van der Waals surface area contributed by atoms with Crippen molar-refractivity contribution in [2.24, 2.45) is 17.6 Å². The zero-order valence-electron chi connectivity index (χ0n) is 20.3. The quantitative estimate of drug-likeness (QED) is 0.365. The van der Waals surface area contributed by atoms with Gasteiger partial charge < -0.3 is 24.7 Å². The fourth-order valence-electron chi connectivity index (χ4n) is 2.78. The van der Waals surface area contributed by atoms with Crippen molar-refractivity contribution in [3.05, 3.63) is 23.8 Å². The molecule has 0 aromatic heterocycles. The van der Waals surface area contributed by atoms with Gasteiger partial charge in [0, 0.05) is 25.7 Å². The predicted octanol–water partition coefficient (Wildman–Crippen LogP) is 2.96. The molecule has 0 amide bonds. The lowest BCUT2D eigenvalue weighted by Crippen LogP contribution is -2.51. The van der Waals surface area contributed by atoms with Gasteiger partial charge in [0.15, 0.2) is 11.5 Å². The highest BCUT2D eigenvalue weighted by atomic mass is 16.6. The second-order valence-electron chi connectivity index (χ2n) is 8.21. The smallest absolute Gasteiger partial charge is 0.326 e. The van der Waals surface area contributed by atoms with Crippen molar-refractivity contribution in [3.63, 3.8) is 0 Å². The van der Waals surface area contributed by atoms with Crippen LogP contribution in [0.1, 0.15) is 59.4 Å². The number of ether oxygens (including phenoxy) is 4. The minimum absolute atomic E-state index is 0.00956. The van der Waals surface area contributed by atoms with Crippen LogP contribution in [0.2, 0.25) is 0 Å². The summed E-state index contributed by atoms with van der Waals surface area (Å²) in [7, 11) is 1.22. The van der Waals surface area contributed by atoms with E-state index in [0.717, 1.165) is 0 Å². The van der Waals surface area contributed by atoms with E-state index in [1.807, 2.05) is 13.8 Å². The highest BCUT2D eigenvalue weighted by Gasteiger charge is 2.36. The molecule has 0 saturated carbocycles. The summed E-state index contributed by atoms with van der Waals surface area (Å²) in [6, 6.07) is 4.57. The van der Waals surface area contributed by atoms with Crippen molar-refractivity contribution in [3.8, 4) is 11.5 Å². The zero-order chi connectivity index (χ0) is 25.2. The van der Waals surface area contributed by atoms with E-state index in [-0.39, 0.29) is 61.6 Å². The molecular formula is C24H35NO8. The van der Waals surface area contributed by atoms with Crippen LogP contribution in [0.25, 0.3) is 0 Å². The van der Waals surface area contributed by atoms with E-state index in [1.165, 1.54) is 19.2 Å². The molecule has 1 aromatic carbocycles. The van der Waals surface area contributed by atoms with Gasteiger partial charge in [0.25, 0.3) is 0 Å². The Kier molecular flexibility index (Phi) is 11.0. The number of carbonyl (C=O) groups excluding carboxylic acids is 4. The normalized spacial score (nSPS) is 13.6. The molecule has 0 aliphatic rings. The van der Waals surface area contributed by atoms with E-state index in [1.54, 1.807) is 26.8 Å². The molecule has 9 nitrogen and oxygen atoms in total. The van der Waals surface area contributed by atoms with Crippen LogP contribution >= 0.6 is 0 Å². The van der Waals surface area contributed by atoms with Gasteiger partial charge in [0.2, 0.25) is 0 Å². The summed E-state index contributed by atoms with van der Waals surface area (Å²) in [5, 5.41) is 0. The Balaban J connectivity index is 3.10. The van der Waals surface area contributed by atoms with Gasteiger partial charge in [-0.25, -0.2) is 0 Å². The summed E-state index contributed by atoms with van der Waals surface area (Å²) in [6.45, 7) is 8.81. The molecule has 9 heteroatoms. The topological polar surface area (TPSA) is 131 Å². The first kappa shape index (κ1) is 28.1. The lowest BCUT2D eigenvalue weighted by Gasteiger charge is -2.27. The fourth-order valence-corrected chi connectivity index (χ4v) is 2.78. The molecule has 1 unspecified atom stereocenters. The molecule has 1 rings (SSSR count). The maximum Gasteiger partial charge on any atom is 0.326 e. The molecule has 0 radical (unpaired) electrons. The molecule has 0 saturated heterocycles. The molecule has 33 heavy (non-hydrogen) atoms. The number of esters is 4. The molecule has 0 aliphatic heterocycles. The summed E-state index contributed by atoms with van der Waals surface area (Å²) in [4.78, 5) is 48.1. The second-order valence-corrected chi connectivity index (χ2v) is 8.21. The number of carbonyl (C=O) groups is 4. The van der Waals surface area contributed by atoms with Crippen LogP contribution in [0, 0.1) is 11.8 Å². The van der Waals surface area contributed by atoms with Crippen molar-refractivity contribution < 1.29 is 38.1 Å². The predicted molar refractivity (Wildman–Crippen MR) is 121 cm³/mol. The molecule has 0 fully saturated rings. The summed E-state index contributed by atoms with van der Waals surface area (Å²) in [5.41, 5.74) is 5.41. The molecule has 2 N–H and O–H groups in total. The van der Waals surface area contributed by atoms with Crippen LogP contribution in [-0.2, 0) is 35.1 Å². The first-order valence-corrected chi connectivity index (χ1v) is 11.1. The lowest BCUT2D eigenvalue weighted by molar-refractivity contribution is -0.153. The average Bonchev–Trinajstić information content (AvgIpc) is 2.78. The Bertz CT molecular complexity index is 851. The van der Waals surface area contributed by atoms with Crippen molar-refractivity contribution in [2.75, 3.05) is 13.7 Å². The molecule has 0 heterocycles. The summed E-state index contributed by atoms with van der Waals surface area (Å²) >= 11 is 0. The van der Waals surface area contributed by atoms with Gasteiger partial charge in [-0.05, 0) is 23.6 Å². The summed E-state index contributed by atoms with van der Waals surface area (Å²) < 4.78 is 20.7. The zero-order valence-corrected chi connectivity index (χ0v) is 20.3. The Morgan fingerprint density at radius 1 is 0.970 bits per heavy atom. The molecule has 1 aromatic rings. The lowest BCUT2D eigenvalue weighted by atomic mass is 9.88. The van der Waals surface area contributed by atoms with Crippen LogP contribution in [0.15, 0.2) is 18.2 Å². The molecule has 0 bridgehead atoms. The van der Waals surface area contributed by atoms with E-state index >= 15 is 0 Å².